The maximum absolute atomic E-state index is 12.6. The summed E-state index contributed by atoms with van der Waals surface area (Å²) in [5.74, 6) is -0.143. The molecule has 0 aliphatic heterocycles. The summed E-state index contributed by atoms with van der Waals surface area (Å²) in [6.45, 7) is 6.32. The number of aliphatic hydroxyl groups is 1. The van der Waals surface area contributed by atoms with E-state index >= 15 is 0 Å². The second kappa shape index (κ2) is 6.96. The first kappa shape index (κ1) is 17.2. The molecule has 1 aromatic carbocycles. The zero-order valence-electron chi connectivity index (χ0n) is 14.2. The van der Waals surface area contributed by atoms with Crippen LogP contribution in [0.4, 0.5) is 0 Å². The minimum atomic E-state index is -0.389. The van der Waals surface area contributed by atoms with Gasteiger partial charge in [-0.15, -0.1) is 0 Å². The maximum atomic E-state index is 12.6. The molecule has 23 heavy (non-hydrogen) atoms. The number of amides is 1. The Morgan fingerprint density at radius 3 is 2.61 bits per heavy atom. The molecular formula is C18H25N3O2. The number of rotatable bonds is 6. The molecule has 2 rings (SSSR count). The quantitative estimate of drug-likeness (QED) is 0.861. The molecule has 1 atom stereocenters. The average molecular weight is 315 g/mol. The van der Waals surface area contributed by atoms with E-state index in [0.717, 1.165) is 5.56 Å². The van der Waals surface area contributed by atoms with E-state index in [2.05, 4.69) is 10.4 Å². The molecule has 0 radical (unpaired) electrons. The summed E-state index contributed by atoms with van der Waals surface area (Å²) in [5.41, 5.74) is 1.99. The van der Waals surface area contributed by atoms with E-state index < -0.39 is 0 Å². The largest absolute Gasteiger partial charge is 0.393 e. The van der Waals surface area contributed by atoms with Crippen LogP contribution >= 0.6 is 0 Å². The molecule has 5 heteroatoms. The van der Waals surface area contributed by atoms with Gasteiger partial charge in [0.15, 0.2) is 0 Å². The van der Waals surface area contributed by atoms with Gasteiger partial charge in [-0.2, -0.15) is 5.10 Å². The van der Waals surface area contributed by atoms with Gasteiger partial charge < -0.3 is 10.4 Å². The van der Waals surface area contributed by atoms with Crippen molar-refractivity contribution in [3.8, 4) is 11.3 Å². The molecule has 1 heterocycles. The lowest BCUT2D eigenvalue weighted by atomic mass is 9.87. The van der Waals surface area contributed by atoms with Crippen molar-refractivity contribution in [3.63, 3.8) is 0 Å². The number of hydrogen-bond donors (Lipinski definition) is 2. The Morgan fingerprint density at radius 1 is 1.35 bits per heavy atom. The smallest absolute Gasteiger partial charge is 0.255 e. The summed E-state index contributed by atoms with van der Waals surface area (Å²) < 4.78 is 1.65. The SMILES string of the molecule is CC(O)CC(C)(C)CNC(=O)c1cn(C)nc1-c1ccccc1. The predicted molar refractivity (Wildman–Crippen MR) is 91.1 cm³/mol. The van der Waals surface area contributed by atoms with Crippen LogP contribution in [0.1, 0.15) is 37.6 Å². The highest BCUT2D eigenvalue weighted by molar-refractivity contribution is 5.99. The summed E-state index contributed by atoms with van der Waals surface area (Å²) in [4.78, 5) is 12.6. The zero-order valence-corrected chi connectivity index (χ0v) is 14.2. The Balaban J connectivity index is 2.15. The lowest BCUT2D eigenvalue weighted by molar-refractivity contribution is 0.0902. The third kappa shape index (κ3) is 4.66. The van der Waals surface area contributed by atoms with Crippen molar-refractivity contribution in [3.05, 3.63) is 42.1 Å². The number of aryl methyl sites for hydroxylation is 1. The first-order valence-corrected chi connectivity index (χ1v) is 7.84. The van der Waals surface area contributed by atoms with Crippen LogP contribution in [0.2, 0.25) is 0 Å². The first-order valence-electron chi connectivity index (χ1n) is 7.84. The minimum absolute atomic E-state index is 0.143. The fourth-order valence-electron chi connectivity index (χ4n) is 2.75. The Labute approximate surface area is 137 Å². The van der Waals surface area contributed by atoms with E-state index in [0.29, 0.717) is 24.2 Å². The van der Waals surface area contributed by atoms with Crippen molar-refractivity contribution in [2.45, 2.75) is 33.3 Å². The van der Waals surface area contributed by atoms with Crippen molar-refractivity contribution in [1.29, 1.82) is 0 Å². The molecule has 0 aliphatic carbocycles. The molecule has 1 amide bonds. The number of aromatic nitrogens is 2. The van der Waals surface area contributed by atoms with E-state index in [1.54, 1.807) is 24.9 Å². The average Bonchev–Trinajstić information content (AvgIpc) is 2.86. The molecule has 2 aromatic rings. The number of carbonyl (C=O) groups excluding carboxylic acids is 1. The second-order valence-electron chi connectivity index (χ2n) is 6.83. The molecular weight excluding hydrogens is 290 g/mol. The fraction of sp³-hybridized carbons (Fsp3) is 0.444. The Hall–Kier alpha value is -2.14. The number of nitrogens with one attached hydrogen (secondary N) is 1. The van der Waals surface area contributed by atoms with Crippen LogP contribution in [-0.2, 0) is 7.05 Å². The van der Waals surface area contributed by atoms with Crippen LogP contribution in [0.25, 0.3) is 11.3 Å². The van der Waals surface area contributed by atoms with E-state index in [9.17, 15) is 9.90 Å². The number of hydrogen-bond acceptors (Lipinski definition) is 3. The third-order valence-electron chi connectivity index (χ3n) is 3.70. The van der Waals surface area contributed by atoms with E-state index in [-0.39, 0.29) is 17.4 Å². The number of benzene rings is 1. The van der Waals surface area contributed by atoms with Crippen molar-refractivity contribution < 1.29 is 9.90 Å². The summed E-state index contributed by atoms with van der Waals surface area (Å²) in [7, 11) is 1.81. The summed E-state index contributed by atoms with van der Waals surface area (Å²) >= 11 is 0. The van der Waals surface area contributed by atoms with Crippen molar-refractivity contribution >= 4 is 5.91 Å². The molecule has 0 saturated carbocycles. The fourth-order valence-corrected chi connectivity index (χ4v) is 2.75. The highest BCUT2D eigenvalue weighted by Gasteiger charge is 2.23. The van der Waals surface area contributed by atoms with Crippen LogP contribution in [0.3, 0.4) is 0 Å². The van der Waals surface area contributed by atoms with Crippen LogP contribution in [0, 0.1) is 5.41 Å². The molecule has 0 spiro atoms. The van der Waals surface area contributed by atoms with Crippen molar-refractivity contribution in [2.24, 2.45) is 12.5 Å². The molecule has 1 aromatic heterocycles. The van der Waals surface area contributed by atoms with Gasteiger partial charge in [-0.1, -0.05) is 44.2 Å². The Bertz CT molecular complexity index is 660. The Morgan fingerprint density at radius 2 is 2.00 bits per heavy atom. The zero-order chi connectivity index (χ0) is 17.0. The lowest BCUT2D eigenvalue weighted by Gasteiger charge is -2.26. The summed E-state index contributed by atoms with van der Waals surface area (Å²) in [6, 6.07) is 9.67. The molecule has 0 fully saturated rings. The van der Waals surface area contributed by atoms with Crippen molar-refractivity contribution in [1.82, 2.24) is 15.1 Å². The highest BCUT2D eigenvalue weighted by atomic mass is 16.3. The van der Waals surface area contributed by atoms with Gasteiger partial charge in [0, 0.05) is 25.4 Å². The number of aliphatic hydroxyl groups excluding tert-OH is 1. The predicted octanol–water partition coefficient (Wildman–Crippen LogP) is 2.61. The van der Waals surface area contributed by atoms with Crippen LogP contribution in [0.15, 0.2) is 36.5 Å². The number of carbonyl (C=O) groups is 1. The Kier molecular flexibility index (Phi) is 5.21. The highest BCUT2D eigenvalue weighted by Crippen LogP contribution is 2.23. The van der Waals surface area contributed by atoms with Gasteiger partial charge in [0.1, 0.15) is 5.69 Å². The van der Waals surface area contributed by atoms with Gasteiger partial charge >= 0.3 is 0 Å². The van der Waals surface area contributed by atoms with Crippen molar-refractivity contribution in [2.75, 3.05) is 6.54 Å². The summed E-state index contributed by atoms with van der Waals surface area (Å²) in [5, 5.41) is 16.9. The molecule has 124 valence electrons. The van der Waals surface area contributed by atoms with E-state index in [4.69, 9.17) is 0 Å². The van der Waals surface area contributed by atoms with Crippen LogP contribution in [-0.4, -0.2) is 33.4 Å². The topological polar surface area (TPSA) is 67.2 Å². The third-order valence-corrected chi connectivity index (χ3v) is 3.70. The molecule has 5 nitrogen and oxygen atoms in total. The van der Waals surface area contributed by atoms with Crippen LogP contribution < -0.4 is 5.32 Å². The first-order chi connectivity index (χ1) is 10.8. The van der Waals surface area contributed by atoms with E-state index in [1.165, 1.54) is 0 Å². The molecule has 0 bridgehead atoms. The molecule has 0 aliphatic rings. The lowest BCUT2D eigenvalue weighted by Crippen LogP contribution is -2.35. The standard InChI is InChI=1S/C18H25N3O2/c1-13(22)10-18(2,3)12-19-17(23)15-11-21(4)20-16(15)14-8-6-5-7-9-14/h5-9,11,13,22H,10,12H2,1-4H3,(H,19,23). The molecule has 0 saturated heterocycles. The summed E-state index contributed by atoms with van der Waals surface area (Å²) in [6.07, 6.45) is 1.98. The second-order valence-corrected chi connectivity index (χ2v) is 6.83. The van der Waals surface area contributed by atoms with Gasteiger partial charge in [-0.3, -0.25) is 9.48 Å². The van der Waals surface area contributed by atoms with E-state index in [1.807, 2.05) is 44.2 Å². The number of nitrogens with zero attached hydrogens (tertiary/aromatic N) is 2. The molecule has 2 N–H and O–H groups in total. The van der Waals surface area contributed by atoms with Gasteiger partial charge in [0.05, 0.1) is 11.7 Å². The van der Waals surface area contributed by atoms with Gasteiger partial charge in [0.25, 0.3) is 5.91 Å². The van der Waals surface area contributed by atoms with Gasteiger partial charge in [-0.25, -0.2) is 0 Å². The monoisotopic (exact) mass is 315 g/mol. The minimum Gasteiger partial charge on any atom is -0.393 e. The van der Waals surface area contributed by atoms with Crippen LogP contribution in [0.5, 0.6) is 0 Å². The van der Waals surface area contributed by atoms with Gasteiger partial charge in [-0.05, 0) is 18.8 Å². The molecule has 1 unspecified atom stereocenters. The normalized spacial score (nSPS) is 12.9. The maximum Gasteiger partial charge on any atom is 0.255 e. The van der Waals surface area contributed by atoms with Gasteiger partial charge in [0.2, 0.25) is 0 Å².